The molecule has 2 amide bonds. The Hall–Kier alpha value is -1.30. The third kappa shape index (κ3) is 5.36. The SMILES string of the molecule is CCC(COC)NC(=O)NC1CCCCCC1C(=O)O. The molecule has 6 nitrogen and oxygen atoms in total. The van der Waals surface area contributed by atoms with E-state index in [0.717, 1.165) is 32.1 Å². The minimum atomic E-state index is -0.818. The minimum absolute atomic E-state index is 0.0472. The van der Waals surface area contributed by atoms with Crippen LogP contribution in [0.1, 0.15) is 45.4 Å². The number of ether oxygens (including phenoxy) is 1. The second-order valence-corrected chi connectivity index (χ2v) is 5.37. The van der Waals surface area contributed by atoms with E-state index in [1.54, 1.807) is 7.11 Å². The van der Waals surface area contributed by atoms with Crippen molar-refractivity contribution in [1.29, 1.82) is 0 Å². The summed E-state index contributed by atoms with van der Waals surface area (Å²) in [6, 6.07) is -0.629. The first-order valence-electron chi connectivity index (χ1n) is 7.37. The molecule has 0 bridgehead atoms. The van der Waals surface area contributed by atoms with E-state index in [0.29, 0.717) is 13.0 Å². The third-order valence-corrected chi connectivity index (χ3v) is 3.85. The summed E-state index contributed by atoms with van der Waals surface area (Å²) < 4.78 is 5.03. The van der Waals surface area contributed by atoms with E-state index in [9.17, 15) is 14.7 Å². The predicted molar refractivity (Wildman–Crippen MR) is 75.6 cm³/mol. The van der Waals surface area contributed by atoms with Crippen LogP contribution in [0.5, 0.6) is 0 Å². The maximum Gasteiger partial charge on any atom is 0.315 e. The molecule has 1 fully saturated rings. The molecular formula is C14H26N2O4. The molecular weight excluding hydrogens is 260 g/mol. The van der Waals surface area contributed by atoms with Crippen molar-refractivity contribution < 1.29 is 19.4 Å². The molecule has 0 radical (unpaired) electrons. The third-order valence-electron chi connectivity index (χ3n) is 3.85. The number of amides is 2. The van der Waals surface area contributed by atoms with Crippen LogP contribution in [0.4, 0.5) is 4.79 Å². The van der Waals surface area contributed by atoms with Crippen molar-refractivity contribution in [2.75, 3.05) is 13.7 Å². The molecule has 0 aromatic carbocycles. The zero-order valence-electron chi connectivity index (χ0n) is 12.4. The van der Waals surface area contributed by atoms with E-state index in [1.165, 1.54) is 0 Å². The molecule has 1 aliphatic rings. The van der Waals surface area contributed by atoms with Crippen LogP contribution in [0.3, 0.4) is 0 Å². The Morgan fingerprint density at radius 1 is 1.30 bits per heavy atom. The molecule has 0 spiro atoms. The summed E-state index contributed by atoms with van der Waals surface area (Å²) in [6.07, 6.45) is 5.04. The average molecular weight is 286 g/mol. The first kappa shape index (κ1) is 16.8. The topological polar surface area (TPSA) is 87.7 Å². The molecule has 1 rings (SSSR count). The van der Waals surface area contributed by atoms with Crippen LogP contribution < -0.4 is 10.6 Å². The van der Waals surface area contributed by atoms with Crippen molar-refractivity contribution >= 4 is 12.0 Å². The maximum atomic E-state index is 12.0. The fraction of sp³-hybridized carbons (Fsp3) is 0.857. The number of rotatable bonds is 6. The van der Waals surface area contributed by atoms with Crippen molar-refractivity contribution in [3.63, 3.8) is 0 Å². The summed E-state index contributed by atoms with van der Waals surface area (Å²) in [5.74, 6) is -1.30. The van der Waals surface area contributed by atoms with E-state index in [2.05, 4.69) is 10.6 Å². The van der Waals surface area contributed by atoms with Crippen LogP contribution in [0.2, 0.25) is 0 Å². The highest BCUT2D eigenvalue weighted by Crippen LogP contribution is 2.23. The highest BCUT2D eigenvalue weighted by molar-refractivity contribution is 5.77. The van der Waals surface area contributed by atoms with Crippen LogP contribution in [-0.2, 0) is 9.53 Å². The number of aliphatic carboxylic acids is 1. The number of carbonyl (C=O) groups is 2. The molecule has 3 N–H and O–H groups in total. The molecule has 0 saturated heterocycles. The van der Waals surface area contributed by atoms with Crippen molar-refractivity contribution in [3.8, 4) is 0 Å². The van der Waals surface area contributed by atoms with Gasteiger partial charge in [0.2, 0.25) is 0 Å². The van der Waals surface area contributed by atoms with E-state index in [-0.39, 0.29) is 18.1 Å². The Labute approximate surface area is 120 Å². The van der Waals surface area contributed by atoms with Gasteiger partial charge in [0.15, 0.2) is 0 Å². The van der Waals surface area contributed by atoms with Crippen molar-refractivity contribution in [2.24, 2.45) is 5.92 Å². The monoisotopic (exact) mass is 286 g/mol. The highest BCUT2D eigenvalue weighted by atomic mass is 16.5. The van der Waals surface area contributed by atoms with Gasteiger partial charge in [0.05, 0.1) is 18.6 Å². The van der Waals surface area contributed by atoms with Crippen LogP contribution in [-0.4, -0.2) is 42.9 Å². The van der Waals surface area contributed by atoms with E-state index in [4.69, 9.17) is 4.74 Å². The van der Waals surface area contributed by atoms with Gasteiger partial charge >= 0.3 is 12.0 Å². The van der Waals surface area contributed by atoms with Gasteiger partial charge in [0.1, 0.15) is 0 Å². The zero-order chi connectivity index (χ0) is 15.0. The van der Waals surface area contributed by atoms with Gasteiger partial charge in [0.25, 0.3) is 0 Å². The van der Waals surface area contributed by atoms with Crippen molar-refractivity contribution in [3.05, 3.63) is 0 Å². The summed E-state index contributed by atoms with van der Waals surface area (Å²) in [7, 11) is 1.59. The smallest absolute Gasteiger partial charge is 0.315 e. The van der Waals surface area contributed by atoms with Crippen LogP contribution in [0.15, 0.2) is 0 Å². The molecule has 116 valence electrons. The number of carbonyl (C=O) groups excluding carboxylic acids is 1. The van der Waals surface area contributed by atoms with Gasteiger partial charge < -0.3 is 20.5 Å². The Morgan fingerprint density at radius 2 is 2.00 bits per heavy atom. The predicted octanol–water partition coefficient (Wildman–Crippen LogP) is 1.74. The normalized spacial score (nSPS) is 24.5. The molecule has 1 aliphatic carbocycles. The lowest BCUT2D eigenvalue weighted by atomic mass is 9.95. The number of hydrogen-bond acceptors (Lipinski definition) is 3. The molecule has 0 aromatic rings. The fourth-order valence-electron chi connectivity index (χ4n) is 2.63. The quantitative estimate of drug-likeness (QED) is 0.649. The fourth-order valence-corrected chi connectivity index (χ4v) is 2.63. The Morgan fingerprint density at radius 3 is 2.60 bits per heavy atom. The van der Waals surface area contributed by atoms with Gasteiger partial charge in [-0.3, -0.25) is 4.79 Å². The van der Waals surface area contributed by atoms with Crippen LogP contribution >= 0.6 is 0 Å². The molecule has 3 atom stereocenters. The van der Waals surface area contributed by atoms with Crippen molar-refractivity contribution in [1.82, 2.24) is 10.6 Å². The minimum Gasteiger partial charge on any atom is -0.481 e. The Kier molecular flexibility index (Phi) is 7.36. The lowest BCUT2D eigenvalue weighted by Crippen LogP contribution is -2.50. The second kappa shape index (κ2) is 8.79. The molecule has 1 saturated carbocycles. The van der Waals surface area contributed by atoms with Gasteiger partial charge in [-0.25, -0.2) is 4.79 Å². The standard InChI is InChI=1S/C14H26N2O4/c1-3-10(9-20-2)15-14(19)16-12-8-6-4-5-7-11(12)13(17)18/h10-12H,3-9H2,1-2H3,(H,17,18)(H2,15,16,19). The molecule has 3 unspecified atom stereocenters. The maximum absolute atomic E-state index is 12.0. The van der Waals surface area contributed by atoms with Crippen LogP contribution in [0.25, 0.3) is 0 Å². The number of carboxylic acid groups (broad SMARTS) is 1. The van der Waals surface area contributed by atoms with Crippen LogP contribution in [0, 0.1) is 5.92 Å². The molecule has 0 aliphatic heterocycles. The van der Waals surface area contributed by atoms with Crippen molar-refractivity contribution in [2.45, 2.75) is 57.5 Å². The van der Waals surface area contributed by atoms with Gasteiger partial charge in [-0.15, -0.1) is 0 Å². The van der Waals surface area contributed by atoms with Gasteiger partial charge in [-0.05, 0) is 19.3 Å². The lowest BCUT2D eigenvalue weighted by Gasteiger charge is -2.24. The second-order valence-electron chi connectivity index (χ2n) is 5.37. The zero-order valence-corrected chi connectivity index (χ0v) is 12.4. The van der Waals surface area contributed by atoms with E-state index < -0.39 is 11.9 Å². The largest absolute Gasteiger partial charge is 0.481 e. The lowest BCUT2D eigenvalue weighted by molar-refractivity contribution is -0.142. The summed E-state index contributed by atoms with van der Waals surface area (Å²) in [4.78, 5) is 23.3. The highest BCUT2D eigenvalue weighted by Gasteiger charge is 2.30. The summed E-state index contributed by atoms with van der Waals surface area (Å²) in [6.45, 7) is 2.42. The van der Waals surface area contributed by atoms with E-state index >= 15 is 0 Å². The first-order chi connectivity index (χ1) is 9.58. The average Bonchev–Trinajstić information content (AvgIpc) is 2.63. The van der Waals surface area contributed by atoms with Gasteiger partial charge in [0, 0.05) is 13.2 Å². The first-order valence-corrected chi connectivity index (χ1v) is 7.37. The number of nitrogens with one attached hydrogen (secondary N) is 2. The Balaban J connectivity index is 2.54. The Bertz CT molecular complexity index is 322. The van der Waals surface area contributed by atoms with E-state index in [1.807, 2.05) is 6.92 Å². The summed E-state index contributed by atoms with van der Waals surface area (Å²) in [5.41, 5.74) is 0. The number of hydrogen-bond donors (Lipinski definition) is 3. The number of methoxy groups -OCH3 is 1. The molecule has 0 aromatic heterocycles. The number of urea groups is 1. The summed E-state index contributed by atoms with van der Waals surface area (Å²) in [5, 5.41) is 14.9. The molecule has 0 heterocycles. The van der Waals surface area contributed by atoms with Gasteiger partial charge in [-0.1, -0.05) is 26.2 Å². The molecule has 20 heavy (non-hydrogen) atoms. The summed E-state index contributed by atoms with van der Waals surface area (Å²) >= 11 is 0. The van der Waals surface area contributed by atoms with Gasteiger partial charge in [-0.2, -0.15) is 0 Å². The molecule has 6 heteroatoms. The number of carboxylic acids is 1.